The lowest BCUT2D eigenvalue weighted by Crippen LogP contribution is -2.12. The SMILES string of the molecule is Cn1ccc(NC(=O)c2ccc3c(c2)NCC3)n1. The molecular formula is C13H14N4O. The topological polar surface area (TPSA) is 59.0 Å². The van der Waals surface area contributed by atoms with Crippen molar-refractivity contribution in [2.24, 2.45) is 7.05 Å². The number of amides is 1. The third kappa shape index (κ3) is 1.95. The summed E-state index contributed by atoms with van der Waals surface area (Å²) in [5, 5.41) is 10.2. The second-order valence-electron chi connectivity index (χ2n) is 4.38. The lowest BCUT2D eigenvalue weighted by molar-refractivity contribution is 0.102. The molecule has 0 bridgehead atoms. The van der Waals surface area contributed by atoms with Crippen molar-refractivity contribution in [1.29, 1.82) is 0 Å². The Morgan fingerprint density at radius 2 is 2.33 bits per heavy atom. The first kappa shape index (κ1) is 10.8. The van der Waals surface area contributed by atoms with Gasteiger partial charge in [-0.1, -0.05) is 6.07 Å². The highest BCUT2D eigenvalue weighted by molar-refractivity contribution is 6.04. The van der Waals surface area contributed by atoms with Crippen molar-refractivity contribution in [3.05, 3.63) is 41.6 Å². The van der Waals surface area contributed by atoms with Gasteiger partial charge in [0.05, 0.1) is 0 Å². The molecule has 1 aromatic carbocycles. The molecule has 0 saturated heterocycles. The number of carbonyl (C=O) groups excluding carboxylic acids is 1. The van der Waals surface area contributed by atoms with Gasteiger partial charge in [-0.2, -0.15) is 5.10 Å². The molecule has 2 heterocycles. The van der Waals surface area contributed by atoms with Gasteiger partial charge in [0.2, 0.25) is 0 Å². The molecule has 1 aromatic heterocycles. The number of nitrogens with one attached hydrogen (secondary N) is 2. The standard InChI is InChI=1S/C13H14N4O/c1-17-7-5-12(16-17)15-13(18)10-3-2-9-4-6-14-11(9)8-10/h2-3,5,7-8,14H,4,6H2,1H3,(H,15,16,18). The molecule has 0 saturated carbocycles. The third-order valence-electron chi connectivity index (χ3n) is 3.04. The van der Waals surface area contributed by atoms with Gasteiger partial charge in [-0.15, -0.1) is 0 Å². The minimum Gasteiger partial charge on any atom is -0.384 e. The summed E-state index contributed by atoms with van der Waals surface area (Å²) in [6.45, 7) is 0.945. The molecule has 1 aliphatic rings. The summed E-state index contributed by atoms with van der Waals surface area (Å²) in [6, 6.07) is 7.51. The van der Waals surface area contributed by atoms with E-state index in [0.29, 0.717) is 11.4 Å². The zero-order valence-corrected chi connectivity index (χ0v) is 10.1. The van der Waals surface area contributed by atoms with E-state index >= 15 is 0 Å². The second-order valence-corrected chi connectivity index (χ2v) is 4.38. The highest BCUT2D eigenvalue weighted by atomic mass is 16.1. The smallest absolute Gasteiger partial charge is 0.256 e. The Morgan fingerprint density at radius 1 is 1.44 bits per heavy atom. The molecule has 3 rings (SSSR count). The lowest BCUT2D eigenvalue weighted by atomic mass is 10.1. The van der Waals surface area contributed by atoms with Gasteiger partial charge < -0.3 is 10.6 Å². The summed E-state index contributed by atoms with van der Waals surface area (Å²) >= 11 is 0. The minimum atomic E-state index is -0.134. The molecule has 0 unspecified atom stereocenters. The van der Waals surface area contributed by atoms with Crippen molar-refractivity contribution in [2.45, 2.75) is 6.42 Å². The van der Waals surface area contributed by atoms with Crippen LogP contribution in [0.15, 0.2) is 30.5 Å². The fraction of sp³-hybridized carbons (Fsp3) is 0.231. The van der Waals surface area contributed by atoms with Crippen molar-refractivity contribution in [1.82, 2.24) is 9.78 Å². The van der Waals surface area contributed by atoms with E-state index in [-0.39, 0.29) is 5.91 Å². The molecule has 5 nitrogen and oxygen atoms in total. The monoisotopic (exact) mass is 242 g/mol. The Balaban J connectivity index is 1.80. The number of carbonyl (C=O) groups is 1. The number of fused-ring (bicyclic) bond motifs is 1. The number of hydrogen-bond donors (Lipinski definition) is 2. The van der Waals surface area contributed by atoms with Crippen LogP contribution in [-0.2, 0) is 13.5 Å². The minimum absolute atomic E-state index is 0.134. The molecule has 2 N–H and O–H groups in total. The summed E-state index contributed by atoms with van der Waals surface area (Å²) < 4.78 is 1.65. The molecule has 0 spiro atoms. The molecule has 2 aromatic rings. The Kier molecular flexibility index (Phi) is 2.51. The predicted molar refractivity (Wildman–Crippen MR) is 69.8 cm³/mol. The number of rotatable bonds is 2. The van der Waals surface area contributed by atoms with Gasteiger partial charge in [-0.25, -0.2) is 0 Å². The van der Waals surface area contributed by atoms with E-state index in [9.17, 15) is 4.79 Å². The van der Waals surface area contributed by atoms with Crippen molar-refractivity contribution >= 4 is 17.4 Å². The van der Waals surface area contributed by atoms with E-state index in [1.165, 1.54) is 5.56 Å². The van der Waals surface area contributed by atoms with Crippen LogP contribution in [0.25, 0.3) is 0 Å². The Morgan fingerprint density at radius 3 is 3.11 bits per heavy atom. The number of aromatic nitrogens is 2. The summed E-state index contributed by atoms with van der Waals surface area (Å²) in [7, 11) is 1.81. The Hall–Kier alpha value is -2.30. The van der Waals surface area contributed by atoms with E-state index in [2.05, 4.69) is 15.7 Å². The largest absolute Gasteiger partial charge is 0.384 e. The van der Waals surface area contributed by atoms with E-state index in [1.807, 2.05) is 25.2 Å². The van der Waals surface area contributed by atoms with Crippen molar-refractivity contribution < 1.29 is 4.79 Å². The maximum Gasteiger partial charge on any atom is 0.256 e. The van der Waals surface area contributed by atoms with Gasteiger partial charge >= 0.3 is 0 Å². The van der Waals surface area contributed by atoms with Gasteiger partial charge in [0, 0.05) is 37.1 Å². The van der Waals surface area contributed by atoms with E-state index < -0.39 is 0 Å². The average Bonchev–Trinajstić information content (AvgIpc) is 2.96. The summed E-state index contributed by atoms with van der Waals surface area (Å²) in [6.07, 6.45) is 2.82. The van der Waals surface area contributed by atoms with Crippen molar-refractivity contribution in [3.8, 4) is 0 Å². The first-order chi connectivity index (χ1) is 8.72. The molecule has 1 amide bonds. The van der Waals surface area contributed by atoms with Crippen molar-refractivity contribution in [2.75, 3.05) is 17.2 Å². The van der Waals surface area contributed by atoms with Crippen LogP contribution >= 0.6 is 0 Å². The second kappa shape index (κ2) is 4.18. The summed E-state index contributed by atoms with van der Waals surface area (Å²) in [4.78, 5) is 12.0. The van der Waals surface area contributed by atoms with Gasteiger partial charge in [0.15, 0.2) is 5.82 Å². The first-order valence-electron chi connectivity index (χ1n) is 5.90. The fourth-order valence-corrected chi connectivity index (χ4v) is 2.10. The molecule has 18 heavy (non-hydrogen) atoms. The molecule has 0 atom stereocenters. The van der Waals surface area contributed by atoms with Crippen LogP contribution in [0.5, 0.6) is 0 Å². The Bertz CT molecular complexity index is 603. The molecule has 92 valence electrons. The number of nitrogens with zero attached hydrogens (tertiary/aromatic N) is 2. The van der Waals surface area contributed by atoms with Crippen LogP contribution in [0.2, 0.25) is 0 Å². The molecule has 5 heteroatoms. The zero-order chi connectivity index (χ0) is 12.5. The van der Waals surface area contributed by atoms with Crippen LogP contribution in [0.4, 0.5) is 11.5 Å². The Labute approximate surface area is 105 Å². The summed E-state index contributed by atoms with van der Waals surface area (Å²) in [5.41, 5.74) is 2.97. The van der Waals surface area contributed by atoms with Crippen LogP contribution in [0.1, 0.15) is 15.9 Å². The van der Waals surface area contributed by atoms with Crippen LogP contribution in [-0.4, -0.2) is 22.2 Å². The van der Waals surface area contributed by atoms with E-state index in [0.717, 1.165) is 18.7 Å². The normalized spacial score (nSPS) is 12.9. The highest BCUT2D eigenvalue weighted by Crippen LogP contribution is 2.23. The highest BCUT2D eigenvalue weighted by Gasteiger charge is 2.13. The van der Waals surface area contributed by atoms with Gasteiger partial charge in [0.25, 0.3) is 5.91 Å². The van der Waals surface area contributed by atoms with Gasteiger partial charge in [-0.05, 0) is 24.1 Å². The van der Waals surface area contributed by atoms with E-state index in [4.69, 9.17) is 0 Å². The van der Waals surface area contributed by atoms with Crippen molar-refractivity contribution in [3.63, 3.8) is 0 Å². The fourth-order valence-electron chi connectivity index (χ4n) is 2.10. The lowest BCUT2D eigenvalue weighted by Gasteiger charge is -2.05. The average molecular weight is 242 g/mol. The quantitative estimate of drug-likeness (QED) is 0.841. The third-order valence-corrected chi connectivity index (χ3v) is 3.04. The van der Waals surface area contributed by atoms with Crippen LogP contribution in [0.3, 0.4) is 0 Å². The molecule has 0 aliphatic carbocycles. The predicted octanol–water partition coefficient (Wildman–Crippen LogP) is 1.64. The van der Waals surface area contributed by atoms with Gasteiger partial charge in [-0.3, -0.25) is 9.48 Å². The number of aryl methyl sites for hydroxylation is 1. The molecule has 1 aliphatic heterocycles. The first-order valence-corrected chi connectivity index (χ1v) is 5.90. The van der Waals surface area contributed by atoms with Crippen LogP contribution in [0, 0.1) is 0 Å². The van der Waals surface area contributed by atoms with Gasteiger partial charge in [0.1, 0.15) is 0 Å². The summed E-state index contributed by atoms with van der Waals surface area (Å²) in [5.74, 6) is 0.432. The number of benzene rings is 1. The molecular weight excluding hydrogens is 228 g/mol. The molecule has 0 fully saturated rings. The maximum absolute atomic E-state index is 12.0. The maximum atomic E-state index is 12.0. The zero-order valence-electron chi connectivity index (χ0n) is 10.1. The number of hydrogen-bond acceptors (Lipinski definition) is 3. The number of anilines is 2. The molecule has 0 radical (unpaired) electrons. The van der Waals surface area contributed by atoms with Crippen LogP contribution < -0.4 is 10.6 Å². The van der Waals surface area contributed by atoms with E-state index in [1.54, 1.807) is 16.9 Å².